The van der Waals surface area contributed by atoms with Gasteiger partial charge in [-0.1, -0.05) is 12.1 Å². The zero-order valence-corrected chi connectivity index (χ0v) is 16.6. The number of aliphatic carboxylic acids is 1. The van der Waals surface area contributed by atoms with Gasteiger partial charge in [-0.05, 0) is 31.2 Å². The number of aromatic nitrogens is 2. The van der Waals surface area contributed by atoms with Crippen LogP contribution in [-0.4, -0.2) is 52.4 Å². The highest BCUT2D eigenvalue weighted by molar-refractivity contribution is 5.94. The summed E-state index contributed by atoms with van der Waals surface area (Å²) in [6, 6.07) is 7.11. The summed E-state index contributed by atoms with van der Waals surface area (Å²) in [6.45, 7) is 2.33. The van der Waals surface area contributed by atoms with E-state index in [0.29, 0.717) is 31.7 Å². The number of carboxylic acids is 1. The van der Waals surface area contributed by atoms with E-state index < -0.39 is 29.7 Å². The molecule has 0 unspecified atom stereocenters. The molecule has 0 saturated carbocycles. The first-order chi connectivity index (χ1) is 14.6. The van der Waals surface area contributed by atoms with E-state index in [-0.39, 0.29) is 17.5 Å². The highest BCUT2D eigenvalue weighted by Crippen LogP contribution is 2.37. The molecule has 0 aliphatic carbocycles. The molecule has 2 aromatic rings. The van der Waals surface area contributed by atoms with Crippen molar-refractivity contribution in [2.24, 2.45) is 0 Å². The molecule has 1 aliphatic rings. The van der Waals surface area contributed by atoms with E-state index in [0.717, 1.165) is 6.07 Å². The standard InChI is InChI=1S/C20H21F3N4O4/c1-12(19(29)30)24-18(28)15-6-7-17(26-25-15)27-10-8-13(9-11-27)31-16-5-3-2-4-14(16)20(21,22)23/h2-7,12-13H,8-11H2,1H3,(H,24,28)(H,29,30)/t12-/m0/s1. The first kappa shape index (κ1) is 22.3. The molecule has 1 aromatic carbocycles. The molecule has 1 aromatic heterocycles. The minimum absolute atomic E-state index is 0.0150. The average Bonchev–Trinajstić information content (AvgIpc) is 2.74. The molecule has 0 bridgehead atoms. The smallest absolute Gasteiger partial charge is 0.419 e. The molecule has 0 spiro atoms. The monoisotopic (exact) mass is 438 g/mol. The van der Waals surface area contributed by atoms with Crippen molar-refractivity contribution in [1.82, 2.24) is 15.5 Å². The Bertz CT molecular complexity index is 929. The highest BCUT2D eigenvalue weighted by atomic mass is 19.4. The molecule has 31 heavy (non-hydrogen) atoms. The molecule has 8 nitrogen and oxygen atoms in total. The SMILES string of the molecule is C[C@H](NC(=O)c1ccc(N2CCC(Oc3ccccc3C(F)(F)F)CC2)nn1)C(=O)O. The summed E-state index contributed by atoms with van der Waals surface area (Å²) >= 11 is 0. The quantitative estimate of drug-likeness (QED) is 0.715. The van der Waals surface area contributed by atoms with Crippen molar-refractivity contribution in [2.45, 2.75) is 38.1 Å². The lowest BCUT2D eigenvalue weighted by atomic mass is 10.1. The number of alkyl halides is 3. The lowest BCUT2D eigenvalue weighted by molar-refractivity contribution is -0.140. The highest BCUT2D eigenvalue weighted by Gasteiger charge is 2.35. The topological polar surface area (TPSA) is 105 Å². The number of para-hydroxylation sites is 1. The maximum absolute atomic E-state index is 13.1. The van der Waals surface area contributed by atoms with Crippen LogP contribution < -0.4 is 15.0 Å². The minimum Gasteiger partial charge on any atom is -0.490 e. The first-order valence-electron chi connectivity index (χ1n) is 9.60. The molecule has 11 heteroatoms. The number of hydrogen-bond donors (Lipinski definition) is 2. The van der Waals surface area contributed by atoms with Crippen LogP contribution in [0.15, 0.2) is 36.4 Å². The summed E-state index contributed by atoms with van der Waals surface area (Å²) in [5.74, 6) is -1.48. The Morgan fingerprint density at radius 3 is 2.42 bits per heavy atom. The number of hydrogen-bond acceptors (Lipinski definition) is 6. The van der Waals surface area contributed by atoms with Crippen LogP contribution in [0, 0.1) is 0 Å². The minimum atomic E-state index is -4.48. The number of nitrogens with zero attached hydrogens (tertiary/aromatic N) is 3. The Hall–Kier alpha value is -3.37. The van der Waals surface area contributed by atoms with Crippen molar-refractivity contribution in [1.29, 1.82) is 0 Å². The number of carbonyl (C=O) groups excluding carboxylic acids is 1. The largest absolute Gasteiger partial charge is 0.490 e. The Morgan fingerprint density at radius 2 is 1.84 bits per heavy atom. The van der Waals surface area contributed by atoms with Gasteiger partial charge in [0.05, 0.1) is 5.56 Å². The number of carboxylic acid groups (broad SMARTS) is 1. The first-order valence-corrected chi connectivity index (χ1v) is 9.60. The predicted molar refractivity (Wildman–Crippen MR) is 104 cm³/mol. The van der Waals surface area contributed by atoms with E-state index >= 15 is 0 Å². The van der Waals surface area contributed by atoms with Crippen LogP contribution in [0.25, 0.3) is 0 Å². The Kier molecular flexibility index (Phi) is 6.62. The van der Waals surface area contributed by atoms with Gasteiger partial charge >= 0.3 is 12.1 Å². The van der Waals surface area contributed by atoms with Crippen LogP contribution in [0.2, 0.25) is 0 Å². The summed E-state index contributed by atoms with van der Waals surface area (Å²) in [7, 11) is 0. The van der Waals surface area contributed by atoms with Gasteiger partial charge in [0, 0.05) is 25.9 Å². The number of rotatable bonds is 6. The molecule has 1 fully saturated rings. The summed E-state index contributed by atoms with van der Waals surface area (Å²) in [4.78, 5) is 24.7. The maximum atomic E-state index is 13.1. The van der Waals surface area contributed by atoms with Gasteiger partial charge in [0.25, 0.3) is 5.91 Å². The lowest BCUT2D eigenvalue weighted by Crippen LogP contribution is -2.40. The summed E-state index contributed by atoms with van der Waals surface area (Å²) in [5.41, 5.74) is -0.812. The molecule has 166 valence electrons. The number of benzene rings is 1. The second-order valence-corrected chi connectivity index (χ2v) is 7.11. The molecular weight excluding hydrogens is 417 g/mol. The molecular formula is C20H21F3N4O4. The molecule has 2 heterocycles. The van der Waals surface area contributed by atoms with Gasteiger partial charge in [-0.15, -0.1) is 10.2 Å². The zero-order chi connectivity index (χ0) is 22.6. The van der Waals surface area contributed by atoms with E-state index in [1.54, 1.807) is 6.07 Å². The van der Waals surface area contributed by atoms with Gasteiger partial charge in [0.15, 0.2) is 11.5 Å². The van der Waals surface area contributed by atoms with E-state index in [9.17, 15) is 22.8 Å². The third-order valence-electron chi connectivity index (χ3n) is 4.85. The zero-order valence-electron chi connectivity index (χ0n) is 16.6. The van der Waals surface area contributed by atoms with Crippen LogP contribution >= 0.6 is 0 Å². The number of piperidine rings is 1. The number of nitrogens with one attached hydrogen (secondary N) is 1. The fraction of sp³-hybridized carbons (Fsp3) is 0.400. The number of ether oxygens (including phenoxy) is 1. The molecule has 1 atom stereocenters. The van der Waals surface area contributed by atoms with Gasteiger partial charge in [0.1, 0.15) is 17.9 Å². The van der Waals surface area contributed by atoms with Crippen molar-refractivity contribution >= 4 is 17.7 Å². The van der Waals surface area contributed by atoms with E-state index in [1.165, 1.54) is 31.2 Å². The van der Waals surface area contributed by atoms with Gasteiger partial charge < -0.3 is 20.1 Å². The summed E-state index contributed by atoms with van der Waals surface area (Å²) < 4.78 is 45.0. The second kappa shape index (κ2) is 9.19. The maximum Gasteiger partial charge on any atom is 0.419 e. The third kappa shape index (κ3) is 5.62. The Balaban J connectivity index is 1.57. The molecule has 2 N–H and O–H groups in total. The number of anilines is 1. The van der Waals surface area contributed by atoms with Crippen molar-refractivity contribution in [3.8, 4) is 5.75 Å². The summed E-state index contributed by atoms with van der Waals surface area (Å²) in [5, 5.41) is 19.0. The van der Waals surface area contributed by atoms with Gasteiger partial charge in [-0.3, -0.25) is 9.59 Å². The van der Waals surface area contributed by atoms with Gasteiger partial charge in [-0.25, -0.2) is 0 Å². The molecule has 1 aliphatic heterocycles. The normalized spacial score (nSPS) is 15.9. The second-order valence-electron chi connectivity index (χ2n) is 7.11. The number of halogens is 3. The van der Waals surface area contributed by atoms with Crippen molar-refractivity contribution in [2.75, 3.05) is 18.0 Å². The Labute approximate surface area is 176 Å². The average molecular weight is 438 g/mol. The van der Waals surface area contributed by atoms with Crippen LogP contribution in [0.1, 0.15) is 35.8 Å². The third-order valence-corrected chi connectivity index (χ3v) is 4.85. The van der Waals surface area contributed by atoms with Crippen LogP contribution in [-0.2, 0) is 11.0 Å². The van der Waals surface area contributed by atoms with Crippen LogP contribution in [0.4, 0.5) is 19.0 Å². The molecule has 0 radical (unpaired) electrons. The summed E-state index contributed by atoms with van der Waals surface area (Å²) in [6.07, 6.45) is -3.86. The van der Waals surface area contributed by atoms with E-state index in [4.69, 9.17) is 9.84 Å². The van der Waals surface area contributed by atoms with Crippen molar-refractivity contribution < 1.29 is 32.6 Å². The molecule has 1 saturated heterocycles. The number of amides is 1. The fourth-order valence-corrected chi connectivity index (χ4v) is 3.13. The van der Waals surface area contributed by atoms with Crippen LogP contribution in [0.3, 0.4) is 0 Å². The Morgan fingerprint density at radius 1 is 1.16 bits per heavy atom. The van der Waals surface area contributed by atoms with Crippen molar-refractivity contribution in [3.05, 3.63) is 47.7 Å². The van der Waals surface area contributed by atoms with E-state index in [1.807, 2.05) is 4.90 Å². The van der Waals surface area contributed by atoms with E-state index in [2.05, 4.69) is 15.5 Å². The number of carbonyl (C=O) groups is 2. The molecule has 1 amide bonds. The van der Waals surface area contributed by atoms with Gasteiger partial charge in [-0.2, -0.15) is 13.2 Å². The molecule has 3 rings (SSSR count). The van der Waals surface area contributed by atoms with Crippen LogP contribution in [0.5, 0.6) is 5.75 Å². The lowest BCUT2D eigenvalue weighted by Gasteiger charge is -2.33. The van der Waals surface area contributed by atoms with Crippen molar-refractivity contribution in [3.63, 3.8) is 0 Å². The van der Waals surface area contributed by atoms with Gasteiger partial charge in [0.2, 0.25) is 0 Å². The fourth-order valence-electron chi connectivity index (χ4n) is 3.13. The predicted octanol–water partition coefficient (Wildman–Crippen LogP) is 2.75.